The highest BCUT2D eigenvalue weighted by atomic mass is 19.1. The van der Waals surface area contributed by atoms with Gasteiger partial charge in [0.2, 0.25) is 11.9 Å². The van der Waals surface area contributed by atoms with Crippen LogP contribution in [0, 0.1) is 12.7 Å². The largest absolute Gasteiger partial charge is 0.376 e. The maximum absolute atomic E-state index is 13.0. The summed E-state index contributed by atoms with van der Waals surface area (Å²) in [5.74, 6) is -0.406. The molecule has 0 radical (unpaired) electrons. The van der Waals surface area contributed by atoms with Crippen LogP contribution < -0.4 is 10.6 Å². The van der Waals surface area contributed by atoms with Crippen LogP contribution in [-0.4, -0.2) is 22.4 Å². The van der Waals surface area contributed by atoms with Crippen LogP contribution in [0.4, 0.5) is 16.0 Å². The second kappa shape index (κ2) is 9.17. The van der Waals surface area contributed by atoms with Gasteiger partial charge in [0.25, 0.3) is 0 Å². The van der Waals surface area contributed by atoms with Gasteiger partial charge in [-0.25, -0.2) is 14.4 Å². The van der Waals surface area contributed by atoms with E-state index in [2.05, 4.69) is 20.6 Å². The van der Waals surface area contributed by atoms with Gasteiger partial charge in [-0.15, -0.1) is 0 Å². The lowest BCUT2D eigenvalue weighted by Crippen LogP contribution is -2.23. The molecule has 3 aromatic carbocycles. The van der Waals surface area contributed by atoms with Crippen LogP contribution in [0.3, 0.4) is 0 Å². The molecule has 0 fully saturated rings. The highest BCUT2D eigenvalue weighted by Gasteiger charge is 2.11. The first-order chi connectivity index (χ1) is 15.1. The van der Waals surface area contributed by atoms with Crippen molar-refractivity contribution in [3.05, 3.63) is 96.3 Å². The van der Waals surface area contributed by atoms with Crippen LogP contribution in [0.15, 0.2) is 84.9 Å². The zero-order chi connectivity index (χ0) is 21.6. The molecule has 6 heteroatoms. The Kier molecular flexibility index (Phi) is 5.98. The van der Waals surface area contributed by atoms with E-state index in [9.17, 15) is 9.18 Å². The molecule has 0 aliphatic heterocycles. The van der Waals surface area contributed by atoms with Gasteiger partial charge in [-0.2, -0.15) is 0 Å². The number of halogens is 1. The SMILES string of the molecule is Cc1ccc(-c2cc(-c3ccccc3)nc(NC(=O)CNc3ccc(F)cc3)n2)cc1. The second-order valence-corrected chi connectivity index (χ2v) is 7.10. The van der Waals surface area contributed by atoms with E-state index in [4.69, 9.17) is 0 Å². The number of amides is 1. The molecule has 0 aliphatic rings. The molecule has 2 N–H and O–H groups in total. The van der Waals surface area contributed by atoms with Crippen molar-refractivity contribution in [2.45, 2.75) is 6.92 Å². The molecule has 0 spiro atoms. The summed E-state index contributed by atoms with van der Waals surface area (Å²) in [5.41, 5.74) is 5.10. The van der Waals surface area contributed by atoms with Gasteiger partial charge in [0.05, 0.1) is 17.9 Å². The molecule has 0 aliphatic carbocycles. The maximum atomic E-state index is 13.0. The molecule has 4 aromatic rings. The Balaban J connectivity index is 1.58. The first-order valence-corrected chi connectivity index (χ1v) is 9.88. The molecule has 0 atom stereocenters. The van der Waals surface area contributed by atoms with E-state index in [1.807, 2.05) is 67.6 Å². The van der Waals surface area contributed by atoms with Crippen LogP contribution in [0.2, 0.25) is 0 Å². The van der Waals surface area contributed by atoms with Crippen molar-refractivity contribution in [2.24, 2.45) is 0 Å². The van der Waals surface area contributed by atoms with Crippen LogP contribution in [0.1, 0.15) is 5.56 Å². The first-order valence-electron chi connectivity index (χ1n) is 9.88. The van der Waals surface area contributed by atoms with Gasteiger partial charge in [-0.1, -0.05) is 60.2 Å². The van der Waals surface area contributed by atoms with E-state index < -0.39 is 0 Å². The third kappa shape index (κ3) is 5.30. The standard InChI is InChI=1S/C25H21FN4O/c1-17-7-9-19(10-8-17)23-15-22(18-5-3-2-4-6-18)28-25(29-23)30-24(31)16-27-21-13-11-20(26)12-14-21/h2-15,27H,16H2,1H3,(H,28,29,30,31). The van der Waals surface area contributed by atoms with E-state index in [0.717, 1.165) is 22.4 Å². The van der Waals surface area contributed by atoms with Gasteiger partial charge in [0.15, 0.2) is 0 Å². The molecule has 0 unspecified atom stereocenters. The van der Waals surface area contributed by atoms with E-state index in [1.54, 1.807) is 12.1 Å². The molecule has 1 aromatic heterocycles. The number of carbonyl (C=O) groups is 1. The number of carbonyl (C=O) groups excluding carboxylic acids is 1. The van der Waals surface area contributed by atoms with Gasteiger partial charge in [0.1, 0.15) is 5.82 Å². The van der Waals surface area contributed by atoms with Gasteiger partial charge < -0.3 is 5.32 Å². The number of aromatic nitrogens is 2. The molecule has 0 bridgehead atoms. The molecule has 0 saturated heterocycles. The Hall–Kier alpha value is -4.06. The second-order valence-electron chi connectivity index (χ2n) is 7.10. The number of nitrogens with zero attached hydrogens (tertiary/aromatic N) is 2. The Morgan fingerprint density at radius 1 is 0.839 bits per heavy atom. The lowest BCUT2D eigenvalue weighted by atomic mass is 10.1. The van der Waals surface area contributed by atoms with Crippen molar-refractivity contribution in [1.29, 1.82) is 0 Å². The van der Waals surface area contributed by atoms with E-state index in [1.165, 1.54) is 12.1 Å². The Morgan fingerprint density at radius 3 is 2.10 bits per heavy atom. The average molecular weight is 412 g/mol. The first kappa shape index (κ1) is 20.2. The summed E-state index contributed by atoms with van der Waals surface area (Å²) in [4.78, 5) is 21.5. The third-order valence-corrected chi connectivity index (χ3v) is 4.69. The maximum Gasteiger partial charge on any atom is 0.246 e. The predicted molar refractivity (Wildman–Crippen MR) is 121 cm³/mol. The monoisotopic (exact) mass is 412 g/mol. The number of anilines is 2. The van der Waals surface area contributed by atoms with Crippen molar-refractivity contribution in [3.63, 3.8) is 0 Å². The quantitative estimate of drug-likeness (QED) is 0.450. The summed E-state index contributed by atoms with van der Waals surface area (Å²) >= 11 is 0. The third-order valence-electron chi connectivity index (χ3n) is 4.69. The van der Waals surface area contributed by atoms with Crippen molar-refractivity contribution < 1.29 is 9.18 Å². The summed E-state index contributed by atoms with van der Waals surface area (Å²) < 4.78 is 13.0. The smallest absolute Gasteiger partial charge is 0.246 e. The van der Waals surface area contributed by atoms with Crippen molar-refractivity contribution in [2.75, 3.05) is 17.2 Å². The number of rotatable bonds is 6. The molecule has 5 nitrogen and oxygen atoms in total. The summed E-state index contributed by atoms with van der Waals surface area (Å²) in [6.07, 6.45) is 0. The number of aryl methyl sites for hydroxylation is 1. The summed E-state index contributed by atoms with van der Waals surface area (Å²) in [5, 5.41) is 5.71. The van der Waals surface area contributed by atoms with Gasteiger partial charge >= 0.3 is 0 Å². The fourth-order valence-corrected chi connectivity index (χ4v) is 3.05. The molecule has 1 heterocycles. The number of hydrogen-bond donors (Lipinski definition) is 2. The Morgan fingerprint density at radius 2 is 1.45 bits per heavy atom. The van der Waals surface area contributed by atoms with E-state index in [-0.39, 0.29) is 24.2 Å². The van der Waals surface area contributed by atoms with Crippen LogP contribution in [0.25, 0.3) is 22.5 Å². The number of benzene rings is 3. The normalized spacial score (nSPS) is 10.5. The molecule has 1 amide bonds. The molecular formula is C25H21FN4O. The van der Waals surface area contributed by atoms with Gasteiger partial charge in [-0.05, 0) is 37.3 Å². The highest BCUT2D eigenvalue weighted by molar-refractivity contribution is 5.92. The Labute approximate surface area is 180 Å². The average Bonchev–Trinajstić information content (AvgIpc) is 2.79. The summed E-state index contributed by atoms with van der Waals surface area (Å²) in [6, 6.07) is 25.5. The topological polar surface area (TPSA) is 66.9 Å². The molecule has 31 heavy (non-hydrogen) atoms. The minimum Gasteiger partial charge on any atom is -0.376 e. The predicted octanol–water partition coefficient (Wildman–Crippen LogP) is 5.31. The van der Waals surface area contributed by atoms with Gasteiger partial charge in [-0.3, -0.25) is 10.1 Å². The summed E-state index contributed by atoms with van der Waals surface area (Å²) in [7, 11) is 0. The van der Waals surface area contributed by atoms with Crippen LogP contribution >= 0.6 is 0 Å². The van der Waals surface area contributed by atoms with Crippen LogP contribution in [-0.2, 0) is 4.79 Å². The zero-order valence-corrected chi connectivity index (χ0v) is 17.0. The fourth-order valence-electron chi connectivity index (χ4n) is 3.05. The molecular weight excluding hydrogens is 391 g/mol. The minimum atomic E-state index is -0.329. The number of nitrogens with one attached hydrogen (secondary N) is 2. The lowest BCUT2D eigenvalue weighted by Gasteiger charge is -2.11. The zero-order valence-electron chi connectivity index (χ0n) is 17.0. The lowest BCUT2D eigenvalue weighted by molar-refractivity contribution is -0.114. The molecule has 0 saturated carbocycles. The summed E-state index contributed by atoms with van der Waals surface area (Å²) in [6.45, 7) is 2.03. The highest BCUT2D eigenvalue weighted by Crippen LogP contribution is 2.25. The van der Waals surface area contributed by atoms with E-state index >= 15 is 0 Å². The Bertz CT molecular complexity index is 1180. The van der Waals surface area contributed by atoms with E-state index in [0.29, 0.717) is 11.4 Å². The van der Waals surface area contributed by atoms with Crippen LogP contribution in [0.5, 0.6) is 0 Å². The minimum absolute atomic E-state index is 0.00439. The molecule has 4 rings (SSSR count). The van der Waals surface area contributed by atoms with Crippen molar-refractivity contribution in [3.8, 4) is 22.5 Å². The van der Waals surface area contributed by atoms with Gasteiger partial charge in [0, 0.05) is 16.8 Å². The fraction of sp³-hybridized carbons (Fsp3) is 0.0800. The molecule has 154 valence electrons. The van der Waals surface area contributed by atoms with Crippen molar-refractivity contribution >= 4 is 17.5 Å². The number of hydrogen-bond acceptors (Lipinski definition) is 4. The van der Waals surface area contributed by atoms with Crippen molar-refractivity contribution in [1.82, 2.24) is 9.97 Å².